The molecule has 2 fully saturated rings. The lowest BCUT2D eigenvalue weighted by atomic mass is 10.1. The fourth-order valence-electron chi connectivity index (χ4n) is 3.12. The molecular weight excluding hydrogens is 216 g/mol. The van der Waals surface area contributed by atoms with E-state index in [2.05, 4.69) is 9.80 Å². The molecule has 0 amide bonds. The van der Waals surface area contributed by atoms with Crippen LogP contribution in [0.3, 0.4) is 0 Å². The Morgan fingerprint density at radius 2 is 1.88 bits per heavy atom. The maximum Gasteiger partial charge on any atom is 0.317 e. The molecule has 17 heavy (non-hydrogen) atoms. The van der Waals surface area contributed by atoms with Crippen molar-refractivity contribution in [3.8, 4) is 0 Å². The fourth-order valence-corrected chi connectivity index (χ4v) is 3.12. The minimum Gasteiger partial charge on any atom is -0.480 e. The Morgan fingerprint density at radius 1 is 1.12 bits per heavy atom. The Hall–Kier alpha value is -0.610. The third kappa shape index (κ3) is 3.96. The number of carboxylic acids is 1. The largest absolute Gasteiger partial charge is 0.480 e. The molecule has 0 aromatic rings. The number of carbonyl (C=O) groups is 1. The molecule has 2 heterocycles. The zero-order valence-corrected chi connectivity index (χ0v) is 10.6. The minimum atomic E-state index is -0.685. The first kappa shape index (κ1) is 12.8. The summed E-state index contributed by atoms with van der Waals surface area (Å²) >= 11 is 0. The van der Waals surface area contributed by atoms with Gasteiger partial charge >= 0.3 is 5.97 Å². The minimum absolute atomic E-state index is 0.227. The highest BCUT2D eigenvalue weighted by molar-refractivity contribution is 5.69. The first-order valence-electron chi connectivity index (χ1n) is 6.94. The van der Waals surface area contributed by atoms with Gasteiger partial charge in [-0.05, 0) is 58.3 Å². The molecule has 0 aliphatic carbocycles. The zero-order valence-electron chi connectivity index (χ0n) is 10.6. The lowest BCUT2D eigenvalue weighted by molar-refractivity contribution is -0.138. The summed E-state index contributed by atoms with van der Waals surface area (Å²) in [6, 6.07) is 0.507. The number of rotatable bonds is 5. The number of aliphatic carboxylic acids is 1. The van der Waals surface area contributed by atoms with E-state index >= 15 is 0 Å². The van der Waals surface area contributed by atoms with Gasteiger partial charge in [0, 0.05) is 6.04 Å². The van der Waals surface area contributed by atoms with Crippen LogP contribution >= 0.6 is 0 Å². The molecule has 1 atom stereocenters. The summed E-state index contributed by atoms with van der Waals surface area (Å²) in [5.41, 5.74) is 0. The van der Waals surface area contributed by atoms with Crippen molar-refractivity contribution in [3.05, 3.63) is 0 Å². The molecule has 4 nitrogen and oxygen atoms in total. The molecule has 0 aromatic carbocycles. The summed E-state index contributed by atoms with van der Waals surface area (Å²) in [6.07, 6.45) is 7.55. The summed E-state index contributed by atoms with van der Waals surface area (Å²) in [6.45, 7) is 4.83. The first-order chi connectivity index (χ1) is 8.25. The van der Waals surface area contributed by atoms with Crippen molar-refractivity contribution in [2.24, 2.45) is 0 Å². The van der Waals surface area contributed by atoms with E-state index in [1.165, 1.54) is 38.8 Å². The molecule has 0 aromatic heterocycles. The Bertz CT molecular complexity index is 252. The Labute approximate surface area is 104 Å². The number of carboxylic acid groups (broad SMARTS) is 1. The third-order valence-corrected chi connectivity index (χ3v) is 4.06. The average Bonchev–Trinajstić information content (AvgIpc) is 2.74. The maximum atomic E-state index is 10.8. The second-order valence-corrected chi connectivity index (χ2v) is 5.35. The predicted octanol–water partition coefficient (Wildman–Crippen LogP) is 1.41. The molecule has 2 aliphatic rings. The molecule has 0 saturated carbocycles. The van der Waals surface area contributed by atoms with E-state index in [0.717, 1.165) is 25.9 Å². The zero-order chi connectivity index (χ0) is 12.1. The van der Waals surface area contributed by atoms with Crippen LogP contribution in [0.15, 0.2) is 0 Å². The second-order valence-electron chi connectivity index (χ2n) is 5.35. The number of likely N-dealkylation sites (tertiary alicyclic amines) is 2. The van der Waals surface area contributed by atoms with E-state index in [1.807, 2.05) is 0 Å². The highest BCUT2D eigenvalue weighted by atomic mass is 16.4. The van der Waals surface area contributed by atoms with Crippen molar-refractivity contribution in [1.29, 1.82) is 0 Å². The lowest BCUT2D eigenvalue weighted by Gasteiger charge is -2.29. The molecular formula is C13H24N2O2. The van der Waals surface area contributed by atoms with Gasteiger partial charge in [0.1, 0.15) is 0 Å². The van der Waals surface area contributed by atoms with Crippen LogP contribution in [0.5, 0.6) is 0 Å². The van der Waals surface area contributed by atoms with E-state index in [-0.39, 0.29) is 6.54 Å². The van der Waals surface area contributed by atoms with E-state index in [4.69, 9.17) is 5.11 Å². The van der Waals surface area contributed by atoms with Crippen molar-refractivity contribution in [1.82, 2.24) is 9.80 Å². The summed E-state index contributed by atoms with van der Waals surface area (Å²) in [4.78, 5) is 15.4. The van der Waals surface area contributed by atoms with Crippen molar-refractivity contribution in [2.45, 2.75) is 44.6 Å². The van der Waals surface area contributed by atoms with Gasteiger partial charge in [-0.3, -0.25) is 9.69 Å². The Balaban J connectivity index is 1.71. The van der Waals surface area contributed by atoms with Crippen LogP contribution in [0, 0.1) is 0 Å². The van der Waals surface area contributed by atoms with Gasteiger partial charge in [0.15, 0.2) is 0 Å². The number of hydrogen-bond donors (Lipinski definition) is 1. The SMILES string of the molecule is O=C(O)CN1CCCC1CCN1CCCCC1. The van der Waals surface area contributed by atoms with Crippen LogP contribution in [-0.2, 0) is 4.79 Å². The Kier molecular flexibility index (Phi) is 4.80. The van der Waals surface area contributed by atoms with Crippen molar-refractivity contribution in [3.63, 3.8) is 0 Å². The van der Waals surface area contributed by atoms with Gasteiger partial charge in [-0.1, -0.05) is 6.42 Å². The first-order valence-corrected chi connectivity index (χ1v) is 6.94. The average molecular weight is 240 g/mol. The molecule has 98 valence electrons. The van der Waals surface area contributed by atoms with Crippen LogP contribution in [0.25, 0.3) is 0 Å². The quantitative estimate of drug-likeness (QED) is 0.789. The molecule has 1 N–H and O–H groups in total. The lowest BCUT2D eigenvalue weighted by Crippen LogP contribution is -2.38. The van der Waals surface area contributed by atoms with Gasteiger partial charge in [-0.25, -0.2) is 0 Å². The van der Waals surface area contributed by atoms with E-state index in [9.17, 15) is 4.79 Å². The highest BCUT2D eigenvalue weighted by Crippen LogP contribution is 2.20. The fraction of sp³-hybridized carbons (Fsp3) is 0.923. The van der Waals surface area contributed by atoms with Gasteiger partial charge in [0.25, 0.3) is 0 Å². The normalized spacial score (nSPS) is 27.4. The van der Waals surface area contributed by atoms with E-state index in [0.29, 0.717) is 6.04 Å². The summed E-state index contributed by atoms with van der Waals surface area (Å²) in [5, 5.41) is 8.86. The Morgan fingerprint density at radius 3 is 2.59 bits per heavy atom. The maximum absolute atomic E-state index is 10.8. The van der Waals surface area contributed by atoms with Crippen LogP contribution in [0.1, 0.15) is 38.5 Å². The number of hydrogen-bond acceptors (Lipinski definition) is 3. The summed E-state index contributed by atoms with van der Waals surface area (Å²) in [7, 11) is 0. The molecule has 2 rings (SSSR count). The van der Waals surface area contributed by atoms with E-state index < -0.39 is 5.97 Å². The van der Waals surface area contributed by atoms with Gasteiger partial charge in [-0.15, -0.1) is 0 Å². The van der Waals surface area contributed by atoms with Gasteiger partial charge in [0.05, 0.1) is 6.54 Å². The number of piperidine rings is 1. The molecule has 4 heteroatoms. The van der Waals surface area contributed by atoms with Crippen molar-refractivity contribution >= 4 is 5.97 Å². The summed E-state index contributed by atoms with van der Waals surface area (Å²) < 4.78 is 0. The molecule has 2 aliphatic heterocycles. The molecule has 2 saturated heterocycles. The standard InChI is InChI=1S/C13H24N2O2/c16-13(17)11-15-9-4-5-12(15)6-10-14-7-2-1-3-8-14/h12H,1-11H2,(H,16,17). The molecule has 1 unspecified atom stereocenters. The molecule has 0 spiro atoms. The van der Waals surface area contributed by atoms with Gasteiger partial charge < -0.3 is 10.0 Å². The molecule has 0 radical (unpaired) electrons. The van der Waals surface area contributed by atoms with E-state index in [1.54, 1.807) is 0 Å². The predicted molar refractivity (Wildman–Crippen MR) is 67.1 cm³/mol. The highest BCUT2D eigenvalue weighted by Gasteiger charge is 2.26. The third-order valence-electron chi connectivity index (χ3n) is 4.06. The smallest absolute Gasteiger partial charge is 0.317 e. The molecule has 0 bridgehead atoms. The summed E-state index contributed by atoms with van der Waals surface area (Å²) in [5.74, 6) is -0.685. The van der Waals surface area contributed by atoms with Gasteiger partial charge in [-0.2, -0.15) is 0 Å². The van der Waals surface area contributed by atoms with Crippen LogP contribution in [0.4, 0.5) is 0 Å². The van der Waals surface area contributed by atoms with Crippen LogP contribution in [0.2, 0.25) is 0 Å². The van der Waals surface area contributed by atoms with Gasteiger partial charge in [0.2, 0.25) is 0 Å². The van der Waals surface area contributed by atoms with Crippen LogP contribution < -0.4 is 0 Å². The van der Waals surface area contributed by atoms with Crippen molar-refractivity contribution < 1.29 is 9.90 Å². The second kappa shape index (κ2) is 6.36. The number of nitrogens with zero attached hydrogens (tertiary/aromatic N) is 2. The monoisotopic (exact) mass is 240 g/mol. The van der Waals surface area contributed by atoms with Crippen LogP contribution in [-0.4, -0.2) is 59.6 Å². The van der Waals surface area contributed by atoms with Crippen molar-refractivity contribution in [2.75, 3.05) is 32.7 Å². The topological polar surface area (TPSA) is 43.8 Å².